The van der Waals surface area contributed by atoms with Crippen LogP contribution in [0.5, 0.6) is 0 Å². The summed E-state index contributed by atoms with van der Waals surface area (Å²) in [4.78, 5) is 3.83. The van der Waals surface area contributed by atoms with E-state index in [2.05, 4.69) is 4.98 Å². The molecule has 3 rings (SSSR count). The molecule has 0 fully saturated rings. The van der Waals surface area contributed by atoms with E-state index in [0.717, 1.165) is 6.08 Å². The van der Waals surface area contributed by atoms with Gasteiger partial charge in [0.2, 0.25) is 0 Å². The van der Waals surface area contributed by atoms with Crippen molar-refractivity contribution in [1.29, 1.82) is 0 Å². The molecule has 0 saturated heterocycles. The number of oxazole rings is 1. The lowest BCUT2D eigenvalue weighted by molar-refractivity contribution is 0.0243. The number of allylic oxidation sites excluding steroid dienone is 1. The lowest BCUT2D eigenvalue weighted by atomic mass is 10.2. The van der Waals surface area contributed by atoms with Crippen LogP contribution in [0.25, 0.3) is 17.2 Å². The Morgan fingerprint density at radius 1 is 0.950 bits per heavy atom. The van der Waals surface area contributed by atoms with E-state index in [1.807, 2.05) is 6.07 Å². The van der Waals surface area contributed by atoms with Crippen LogP contribution in [-0.4, -0.2) is 4.98 Å². The third kappa shape index (κ3) is 2.45. The summed E-state index contributed by atoms with van der Waals surface area (Å²) in [5.41, 5.74) is 1.48. The van der Waals surface area contributed by atoms with E-state index in [4.69, 9.17) is 4.42 Å². The van der Waals surface area contributed by atoms with Crippen LogP contribution in [0.1, 0.15) is 11.5 Å². The summed E-state index contributed by atoms with van der Waals surface area (Å²) >= 11 is 0. The molecule has 0 bridgehead atoms. The van der Waals surface area contributed by atoms with Gasteiger partial charge in [0.15, 0.2) is 5.58 Å². The number of aromatic nitrogens is 1. The molecule has 0 aliphatic carbocycles. The lowest BCUT2D eigenvalue weighted by Crippen LogP contribution is -2.09. The highest BCUT2D eigenvalue weighted by Gasteiger charge is 2.34. The third-order valence-electron chi connectivity index (χ3n) is 2.86. The van der Waals surface area contributed by atoms with Crippen LogP contribution in [0.4, 0.5) is 8.78 Å². The largest absolute Gasteiger partial charge is 0.435 e. The number of hydrogen-bond acceptors (Lipinski definition) is 2. The molecule has 0 spiro atoms. The summed E-state index contributed by atoms with van der Waals surface area (Å²) in [6.45, 7) is 0. The Bertz CT molecular complexity index is 714. The predicted molar refractivity (Wildman–Crippen MR) is 73.4 cm³/mol. The van der Waals surface area contributed by atoms with E-state index in [-0.39, 0.29) is 0 Å². The first-order chi connectivity index (χ1) is 9.65. The van der Waals surface area contributed by atoms with Crippen LogP contribution in [0.3, 0.4) is 0 Å². The Hall–Kier alpha value is -2.49. The number of hydrogen-bond donors (Lipinski definition) is 0. The van der Waals surface area contributed by atoms with Crippen molar-refractivity contribution in [2.75, 3.05) is 0 Å². The van der Waals surface area contributed by atoms with Gasteiger partial charge in [-0.25, -0.2) is 4.98 Å². The minimum atomic E-state index is -3.24. The Kier molecular flexibility index (Phi) is 3.06. The normalized spacial score (nSPS) is 12.3. The van der Waals surface area contributed by atoms with Crippen molar-refractivity contribution in [1.82, 2.24) is 4.98 Å². The van der Waals surface area contributed by atoms with Crippen molar-refractivity contribution < 1.29 is 13.2 Å². The summed E-state index contributed by atoms with van der Waals surface area (Å²) in [7, 11) is 0. The van der Waals surface area contributed by atoms with E-state index in [0.29, 0.717) is 16.7 Å². The molecule has 2 aromatic carbocycles. The average Bonchev–Trinajstić information content (AvgIpc) is 2.91. The molecule has 0 atom stereocenters. The Morgan fingerprint density at radius 2 is 1.65 bits per heavy atom. The zero-order valence-corrected chi connectivity index (χ0v) is 10.5. The monoisotopic (exact) mass is 271 g/mol. The first-order valence-electron chi connectivity index (χ1n) is 6.13. The average molecular weight is 271 g/mol. The molecule has 0 aliphatic heterocycles. The zero-order chi connectivity index (χ0) is 14.0. The molecule has 100 valence electrons. The molecule has 0 saturated carbocycles. The van der Waals surface area contributed by atoms with E-state index in [9.17, 15) is 8.78 Å². The van der Waals surface area contributed by atoms with Gasteiger partial charge < -0.3 is 4.42 Å². The van der Waals surface area contributed by atoms with Crippen molar-refractivity contribution in [3.05, 3.63) is 72.1 Å². The first kappa shape index (κ1) is 12.5. The van der Waals surface area contributed by atoms with E-state index in [1.54, 1.807) is 48.5 Å². The van der Waals surface area contributed by atoms with Gasteiger partial charge in [0.25, 0.3) is 5.89 Å². The van der Waals surface area contributed by atoms with E-state index < -0.39 is 11.8 Å². The van der Waals surface area contributed by atoms with Gasteiger partial charge >= 0.3 is 5.92 Å². The van der Waals surface area contributed by atoms with E-state index >= 15 is 0 Å². The number of halogens is 2. The van der Waals surface area contributed by atoms with Crippen LogP contribution < -0.4 is 0 Å². The molecule has 3 aromatic rings. The van der Waals surface area contributed by atoms with Crippen molar-refractivity contribution in [2.45, 2.75) is 5.92 Å². The van der Waals surface area contributed by atoms with E-state index in [1.165, 1.54) is 6.08 Å². The van der Waals surface area contributed by atoms with Crippen LogP contribution in [0.15, 0.2) is 65.1 Å². The maximum Gasteiger partial charge on any atom is 0.341 e. The molecule has 2 nitrogen and oxygen atoms in total. The molecule has 0 amide bonds. The summed E-state index contributed by atoms with van der Waals surface area (Å²) in [6.07, 6.45) is 2.15. The molecular weight excluding hydrogens is 260 g/mol. The fourth-order valence-corrected chi connectivity index (χ4v) is 1.85. The maximum absolute atomic E-state index is 14.0. The number of fused-ring (bicyclic) bond motifs is 1. The molecule has 0 unspecified atom stereocenters. The molecule has 0 aliphatic rings. The van der Waals surface area contributed by atoms with Crippen molar-refractivity contribution >= 4 is 17.2 Å². The summed E-state index contributed by atoms with van der Waals surface area (Å²) < 4.78 is 33.2. The van der Waals surface area contributed by atoms with Crippen LogP contribution in [-0.2, 0) is 5.92 Å². The molecule has 1 aromatic heterocycles. The highest BCUT2D eigenvalue weighted by Crippen LogP contribution is 2.31. The second-order valence-electron chi connectivity index (χ2n) is 4.35. The van der Waals surface area contributed by atoms with Crippen molar-refractivity contribution in [2.24, 2.45) is 0 Å². The van der Waals surface area contributed by atoms with Gasteiger partial charge in [0, 0.05) is 0 Å². The van der Waals surface area contributed by atoms with Crippen LogP contribution >= 0.6 is 0 Å². The number of benzene rings is 2. The lowest BCUT2D eigenvalue weighted by Gasteiger charge is -2.06. The van der Waals surface area contributed by atoms with Crippen LogP contribution in [0, 0.1) is 0 Å². The SMILES string of the molecule is FC(F)(C=Cc1ccccc1)c1nc2ccccc2o1. The minimum Gasteiger partial charge on any atom is -0.435 e. The molecule has 20 heavy (non-hydrogen) atoms. The van der Waals surface area contributed by atoms with Gasteiger partial charge in [-0.2, -0.15) is 8.78 Å². The Balaban J connectivity index is 1.93. The standard InChI is InChI=1S/C16H11F2NO/c17-16(18,11-10-12-6-2-1-3-7-12)15-19-13-8-4-5-9-14(13)20-15/h1-11H. The molecular formula is C16H11F2NO. The van der Waals surface area contributed by atoms with Crippen molar-refractivity contribution in [3.63, 3.8) is 0 Å². The predicted octanol–water partition coefficient (Wildman–Crippen LogP) is 4.63. The fraction of sp³-hybridized carbons (Fsp3) is 0.0625. The van der Waals surface area contributed by atoms with Gasteiger partial charge in [-0.1, -0.05) is 48.5 Å². The maximum atomic E-state index is 14.0. The molecule has 4 heteroatoms. The second kappa shape index (κ2) is 4.89. The third-order valence-corrected chi connectivity index (χ3v) is 2.86. The summed E-state index contributed by atoms with van der Waals surface area (Å²) in [5.74, 6) is -3.83. The summed E-state index contributed by atoms with van der Waals surface area (Å²) in [6, 6.07) is 15.6. The van der Waals surface area contributed by atoms with Gasteiger partial charge in [0.1, 0.15) is 5.52 Å². The van der Waals surface area contributed by atoms with Crippen LogP contribution in [0.2, 0.25) is 0 Å². The molecule has 1 heterocycles. The highest BCUT2D eigenvalue weighted by atomic mass is 19.3. The highest BCUT2D eigenvalue weighted by molar-refractivity contribution is 5.72. The summed E-state index contributed by atoms with van der Waals surface area (Å²) in [5, 5.41) is 0. The fourth-order valence-electron chi connectivity index (χ4n) is 1.85. The minimum absolute atomic E-state index is 0.357. The quantitative estimate of drug-likeness (QED) is 0.694. The molecule has 0 N–H and O–H groups in total. The zero-order valence-electron chi connectivity index (χ0n) is 10.5. The van der Waals surface area contributed by atoms with Crippen molar-refractivity contribution in [3.8, 4) is 0 Å². The molecule has 0 radical (unpaired) electrons. The number of rotatable bonds is 3. The Labute approximate surface area is 114 Å². The Morgan fingerprint density at radius 3 is 2.40 bits per heavy atom. The number of para-hydroxylation sites is 2. The van der Waals surface area contributed by atoms with Gasteiger partial charge in [0.05, 0.1) is 0 Å². The second-order valence-corrected chi connectivity index (χ2v) is 4.35. The van der Waals surface area contributed by atoms with Gasteiger partial charge in [-0.15, -0.1) is 0 Å². The smallest absolute Gasteiger partial charge is 0.341 e. The van der Waals surface area contributed by atoms with Gasteiger partial charge in [-0.3, -0.25) is 0 Å². The topological polar surface area (TPSA) is 26.0 Å². The number of nitrogens with zero attached hydrogens (tertiary/aromatic N) is 1. The number of alkyl halides is 2. The first-order valence-corrected chi connectivity index (χ1v) is 6.13. The van der Waals surface area contributed by atoms with Gasteiger partial charge in [-0.05, 0) is 23.8 Å².